The van der Waals surface area contributed by atoms with E-state index in [1.165, 1.54) is 11.1 Å². The average Bonchev–Trinajstić information content (AvgIpc) is 2.99. The van der Waals surface area contributed by atoms with Gasteiger partial charge in [-0.2, -0.15) is 5.10 Å². The zero-order valence-electron chi connectivity index (χ0n) is 14.0. The lowest BCUT2D eigenvalue weighted by Gasteiger charge is -2.34. The van der Waals surface area contributed by atoms with Gasteiger partial charge in [0.25, 0.3) is 5.56 Å². The number of rotatable bonds is 3. The third-order valence-corrected chi connectivity index (χ3v) is 5.16. The predicted octanol–water partition coefficient (Wildman–Crippen LogP) is 1.75. The van der Waals surface area contributed by atoms with Crippen molar-refractivity contribution in [3.05, 3.63) is 34.5 Å². The van der Waals surface area contributed by atoms with Crippen LogP contribution < -0.4 is 10.9 Å². The van der Waals surface area contributed by atoms with Crippen molar-refractivity contribution in [2.24, 2.45) is 11.8 Å². The highest BCUT2D eigenvalue weighted by Gasteiger charge is 2.28. The summed E-state index contributed by atoms with van der Waals surface area (Å²) in [6, 6.07) is 3.75. The Morgan fingerprint density at radius 2 is 2.17 bits per heavy atom. The summed E-state index contributed by atoms with van der Waals surface area (Å²) in [7, 11) is 0. The Labute approximate surface area is 135 Å². The van der Waals surface area contributed by atoms with Gasteiger partial charge in [-0.25, -0.2) is 4.68 Å². The highest BCUT2D eigenvalue weighted by Crippen LogP contribution is 2.29. The molecule has 0 bridgehead atoms. The van der Waals surface area contributed by atoms with Gasteiger partial charge in [-0.1, -0.05) is 26.7 Å². The third-order valence-electron chi connectivity index (χ3n) is 5.16. The normalized spacial score (nSPS) is 24.7. The Bertz CT molecular complexity index is 776. The molecule has 124 valence electrons. The van der Waals surface area contributed by atoms with E-state index in [-0.39, 0.29) is 24.1 Å². The van der Waals surface area contributed by atoms with Crippen LogP contribution in [0.15, 0.2) is 23.1 Å². The Kier molecular flexibility index (Phi) is 4.24. The molecule has 0 unspecified atom stereocenters. The maximum absolute atomic E-state index is 12.4. The van der Waals surface area contributed by atoms with Crippen molar-refractivity contribution in [2.45, 2.75) is 52.6 Å². The number of nitrogens with zero attached hydrogens (tertiary/aromatic N) is 3. The molecule has 23 heavy (non-hydrogen) atoms. The van der Waals surface area contributed by atoms with Crippen molar-refractivity contribution < 1.29 is 4.79 Å². The maximum atomic E-state index is 12.4. The molecule has 0 spiro atoms. The quantitative estimate of drug-likeness (QED) is 0.938. The summed E-state index contributed by atoms with van der Waals surface area (Å²) < 4.78 is 3.00. The van der Waals surface area contributed by atoms with Crippen LogP contribution in [0.4, 0.5) is 0 Å². The van der Waals surface area contributed by atoms with Crippen molar-refractivity contribution in [1.82, 2.24) is 19.5 Å². The predicted molar refractivity (Wildman–Crippen MR) is 88.3 cm³/mol. The van der Waals surface area contributed by atoms with Crippen LogP contribution in [0.3, 0.4) is 0 Å². The van der Waals surface area contributed by atoms with Gasteiger partial charge < -0.3 is 5.32 Å². The van der Waals surface area contributed by atoms with E-state index < -0.39 is 0 Å². The molecule has 1 aliphatic rings. The molecule has 3 atom stereocenters. The zero-order valence-corrected chi connectivity index (χ0v) is 14.0. The number of nitrogens with one attached hydrogen (secondary N) is 1. The fourth-order valence-corrected chi connectivity index (χ4v) is 3.52. The Hall–Kier alpha value is -2.11. The summed E-state index contributed by atoms with van der Waals surface area (Å²) in [6.45, 7) is 6.22. The number of carbonyl (C=O) groups excluding carboxylic acids is 1. The second kappa shape index (κ2) is 6.18. The van der Waals surface area contributed by atoms with Gasteiger partial charge in [-0.3, -0.25) is 14.0 Å². The van der Waals surface area contributed by atoms with E-state index in [9.17, 15) is 9.59 Å². The summed E-state index contributed by atoms with van der Waals surface area (Å²) in [5, 5.41) is 7.34. The molecule has 2 aromatic rings. The number of aromatic nitrogens is 3. The molecular formula is C17H24N4O2. The topological polar surface area (TPSA) is 68.4 Å². The molecule has 2 heterocycles. The Balaban J connectivity index is 1.75. The molecule has 0 aromatic carbocycles. The van der Waals surface area contributed by atoms with Crippen molar-refractivity contribution in [3.63, 3.8) is 0 Å². The molecule has 1 saturated carbocycles. The van der Waals surface area contributed by atoms with E-state index in [2.05, 4.69) is 24.3 Å². The molecule has 0 aliphatic heterocycles. The largest absolute Gasteiger partial charge is 0.351 e. The van der Waals surface area contributed by atoms with E-state index in [1.807, 2.05) is 6.92 Å². The van der Waals surface area contributed by atoms with Gasteiger partial charge in [0.15, 0.2) is 0 Å². The number of amides is 1. The lowest BCUT2D eigenvalue weighted by molar-refractivity contribution is -0.123. The second-order valence-electron chi connectivity index (χ2n) is 6.71. The first kappa shape index (κ1) is 15.8. The van der Waals surface area contributed by atoms with E-state index >= 15 is 0 Å². The monoisotopic (exact) mass is 316 g/mol. The molecule has 1 N–H and O–H groups in total. The van der Waals surface area contributed by atoms with Crippen LogP contribution in [-0.4, -0.2) is 26.1 Å². The molecule has 3 rings (SSSR count). The highest BCUT2D eigenvalue weighted by atomic mass is 16.2. The van der Waals surface area contributed by atoms with Crippen molar-refractivity contribution in [1.29, 1.82) is 0 Å². The highest BCUT2D eigenvalue weighted by molar-refractivity contribution is 5.76. The standard InChI is InChI=1S/C17H24N4O2/c1-11-6-4-7-14(12(11)2)18-16(22)10-21-17(23)15-8-5-9-20(15)13(3)19-21/h5,8-9,11-12,14H,4,6-7,10H2,1-3H3,(H,18,22)/t11-,12+,14+/m0/s1. The summed E-state index contributed by atoms with van der Waals surface area (Å²) in [4.78, 5) is 24.7. The lowest BCUT2D eigenvalue weighted by Crippen LogP contribution is -2.46. The van der Waals surface area contributed by atoms with Gasteiger partial charge in [0.2, 0.25) is 5.91 Å². The van der Waals surface area contributed by atoms with E-state index in [0.717, 1.165) is 12.8 Å². The van der Waals surface area contributed by atoms with E-state index in [4.69, 9.17) is 0 Å². The van der Waals surface area contributed by atoms with E-state index in [1.54, 1.807) is 22.7 Å². The Morgan fingerprint density at radius 1 is 1.39 bits per heavy atom. The summed E-state index contributed by atoms with van der Waals surface area (Å²) in [6.07, 6.45) is 5.17. The van der Waals surface area contributed by atoms with Crippen molar-refractivity contribution in [3.8, 4) is 0 Å². The fourth-order valence-electron chi connectivity index (χ4n) is 3.52. The molecule has 0 radical (unpaired) electrons. The zero-order chi connectivity index (χ0) is 16.6. The van der Waals surface area contributed by atoms with Crippen LogP contribution in [0.1, 0.15) is 38.9 Å². The van der Waals surface area contributed by atoms with Crippen LogP contribution in [0.25, 0.3) is 5.52 Å². The van der Waals surface area contributed by atoms with Crippen LogP contribution >= 0.6 is 0 Å². The summed E-state index contributed by atoms with van der Waals surface area (Å²) >= 11 is 0. The first-order valence-electron chi connectivity index (χ1n) is 8.31. The maximum Gasteiger partial charge on any atom is 0.291 e. The minimum absolute atomic E-state index is 0.0288. The van der Waals surface area contributed by atoms with Gasteiger partial charge in [-0.15, -0.1) is 0 Å². The van der Waals surface area contributed by atoms with Crippen molar-refractivity contribution >= 4 is 11.4 Å². The minimum atomic E-state index is -0.235. The van der Waals surface area contributed by atoms with Crippen LogP contribution in [0, 0.1) is 18.8 Å². The molecule has 6 nitrogen and oxygen atoms in total. The molecule has 1 amide bonds. The van der Waals surface area contributed by atoms with E-state index in [0.29, 0.717) is 23.2 Å². The summed E-state index contributed by atoms with van der Waals surface area (Å²) in [5.41, 5.74) is 0.311. The summed E-state index contributed by atoms with van der Waals surface area (Å²) in [5.74, 6) is 1.64. The number of fused-ring (bicyclic) bond motifs is 1. The van der Waals surface area contributed by atoms with Crippen LogP contribution in [-0.2, 0) is 11.3 Å². The molecule has 0 saturated heterocycles. The average molecular weight is 316 g/mol. The van der Waals surface area contributed by atoms with Gasteiger partial charge in [-0.05, 0) is 37.3 Å². The molecule has 2 aromatic heterocycles. The lowest BCUT2D eigenvalue weighted by atomic mass is 9.78. The third kappa shape index (κ3) is 3.02. The van der Waals surface area contributed by atoms with Crippen LogP contribution in [0.2, 0.25) is 0 Å². The molecular weight excluding hydrogens is 292 g/mol. The van der Waals surface area contributed by atoms with Gasteiger partial charge in [0.1, 0.15) is 17.9 Å². The Morgan fingerprint density at radius 3 is 2.96 bits per heavy atom. The van der Waals surface area contributed by atoms with Gasteiger partial charge >= 0.3 is 0 Å². The SMILES string of the molecule is Cc1nn(CC(=O)N[C@@H]2CCC[C@H](C)[C@H]2C)c(=O)c2cccn12. The number of hydrogen-bond donors (Lipinski definition) is 1. The number of hydrogen-bond acceptors (Lipinski definition) is 3. The molecule has 1 aliphatic carbocycles. The molecule has 6 heteroatoms. The molecule has 1 fully saturated rings. The van der Waals surface area contributed by atoms with Gasteiger partial charge in [0.05, 0.1) is 0 Å². The first-order chi connectivity index (χ1) is 11.0. The second-order valence-corrected chi connectivity index (χ2v) is 6.71. The smallest absolute Gasteiger partial charge is 0.291 e. The fraction of sp³-hybridized carbons (Fsp3) is 0.588. The number of aryl methyl sites for hydroxylation is 1. The van der Waals surface area contributed by atoms with Gasteiger partial charge in [0, 0.05) is 12.2 Å². The number of carbonyl (C=O) groups is 1. The van der Waals surface area contributed by atoms with Crippen LogP contribution in [0.5, 0.6) is 0 Å². The van der Waals surface area contributed by atoms with Crippen molar-refractivity contribution in [2.75, 3.05) is 0 Å². The first-order valence-corrected chi connectivity index (χ1v) is 8.31. The minimum Gasteiger partial charge on any atom is -0.351 e.